The Morgan fingerprint density at radius 1 is 1.07 bits per heavy atom. The van der Waals surface area contributed by atoms with Gasteiger partial charge in [0.15, 0.2) is 0 Å². The SMILES string of the molecule is CC(C)N1CCC(c2ccc3c(c2)CN(C2CCC(=O)NC2=O)C3=O)CC1. The molecule has 0 radical (unpaired) electrons. The van der Waals surface area contributed by atoms with Crippen molar-refractivity contribution in [2.75, 3.05) is 13.1 Å². The van der Waals surface area contributed by atoms with Crippen LogP contribution in [0, 0.1) is 0 Å². The number of likely N-dealkylation sites (tertiary alicyclic amines) is 1. The summed E-state index contributed by atoms with van der Waals surface area (Å²) < 4.78 is 0. The van der Waals surface area contributed by atoms with Gasteiger partial charge in [0.1, 0.15) is 6.04 Å². The monoisotopic (exact) mass is 369 g/mol. The molecular formula is C21H27N3O3. The lowest BCUT2D eigenvalue weighted by atomic mass is 9.87. The van der Waals surface area contributed by atoms with Gasteiger partial charge in [0, 0.05) is 24.6 Å². The number of nitrogens with zero attached hydrogens (tertiary/aromatic N) is 2. The molecule has 0 saturated carbocycles. The zero-order chi connectivity index (χ0) is 19.1. The molecule has 3 amide bonds. The fraction of sp³-hybridized carbons (Fsp3) is 0.571. The molecular weight excluding hydrogens is 342 g/mol. The van der Waals surface area contributed by atoms with Crippen LogP contribution in [0.4, 0.5) is 0 Å². The largest absolute Gasteiger partial charge is 0.322 e. The van der Waals surface area contributed by atoms with E-state index >= 15 is 0 Å². The van der Waals surface area contributed by atoms with Gasteiger partial charge < -0.3 is 9.80 Å². The van der Waals surface area contributed by atoms with Crippen molar-refractivity contribution in [3.63, 3.8) is 0 Å². The number of carbonyl (C=O) groups is 3. The van der Waals surface area contributed by atoms with Gasteiger partial charge >= 0.3 is 0 Å². The molecule has 4 rings (SSSR count). The Bertz CT molecular complexity index is 781. The standard InChI is InChI=1S/C21H27N3O3/c1-13(2)23-9-7-14(8-10-23)15-3-4-17-16(11-15)12-24(21(17)27)18-5-6-19(25)22-20(18)26/h3-4,11,13-14,18H,5-10,12H2,1-2H3,(H,22,25,26). The van der Waals surface area contributed by atoms with Gasteiger partial charge in [-0.05, 0) is 69.3 Å². The van der Waals surface area contributed by atoms with Crippen molar-refractivity contribution >= 4 is 17.7 Å². The lowest BCUT2D eigenvalue weighted by Crippen LogP contribution is -2.52. The average molecular weight is 369 g/mol. The van der Waals surface area contributed by atoms with Crippen molar-refractivity contribution in [3.05, 3.63) is 34.9 Å². The van der Waals surface area contributed by atoms with Crippen LogP contribution >= 0.6 is 0 Å². The van der Waals surface area contributed by atoms with E-state index in [4.69, 9.17) is 0 Å². The second-order valence-corrected chi connectivity index (χ2v) is 8.22. The number of hydrogen-bond acceptors (Lipinski definition) is 4. The van der Waals surface area contributed by atoms with Crippen LogP contribution in [0.2, 0.25) is 0 Å². The number of nitrogens with one attached hydrogen (secondary N) is 1. The second kappa shape index (κ2) is 7.08. The normalized spacial score (nSPS) is 24.5. The Labute approximate surface area is 159 Å². The molecule has 3 aliphatic heterocycles. The molecule has 3 heterocycles. The number of amides is 3. The molecule has 0 aromatic heterocycles. The third-order valence-electron chi connectivity index (χ3n) is 6.28. The van der Waals surface area contributed by atoms with Crippen molar-refractivity contribution in [3.8, 4) is 0 Å². The molecule has 1 aromatic rings. The maximum Gasteiger partial charge on any atom is 0.255 e. The first-order chi connectivity index (χ1) is 12.9. The summed E-state index contributed by atoms with van der Waals surface area (Å²) in [6.07, 6.45) is 2.98. The minimum absolute atomic E-state index is 0.0966. The minimum Gasteiger partial charge on any atom is -0.322 e. The van der Waals surface area contributed by atoms with Gasteiger partial charge in [0.25, 0.3) is 5.91 Å². The highest BCUT2D eigenvalue weighted by Gasteiger charge is 2.39. The number of hydrogen-bond donors (Lipinski definition) is 1. The van der Waals surface area contributed by atoms with E-state index in [-0.39, 0.29) is 24.1 Å². The molecule has 2 saturated heterocycles. The van der Waals surface area contributed by atoms with E-state index in [0.29, 0.717) is 30.5 Å². The molecule has 1 atom stereocenters. The van der Waals surface area contributed by atoms with E-state index in [0.717, 1.165) is 31.5 Å². The van der Waals surface area contributed by atoms with Gasteiger partial charge in [-0.15, -0.1) is 0 Å². The van der Waals surface area contributed by atoms with Crippen LogP contribution in [0.1, 0.15) is 66.9 Å². The third-order valence-corrected chi connectivity index (χ3v) is 6.28. The molecule has 0 spiro atoms. The zero-order valence-corrected chi connectivity index (χ0v) is 16.0. The van der Waals surface area contributed by atoms with Gasteiger partial charge in [-0.1, -0.05) is 12.1 Å². The minimum atomic E-state index is -0.541. The Morgan fingerprint density at radius 2 is 1.81 bits per heavy atom. The summed E-state index contributed by atoms with van der Waals surface area (Å²) in [4.78, 5) is 40.5. The van der Waals surface area contributed by atoms with Gasteiger partial charge in [0.05, 0.1) is 0 Å². The first kappa shape index (κ1) is 18.2. The molecule has 1 aromatic carbocycles. The number of piperidine rings is 2. The van der Waals surface area contributed by atoms with Crippen LogP contribution in [-0.2, 0) is 16.1 Å². The molecule has 2 fully saturated rings. The average Bonchev–Trinajstić information content (AvgIpc) is 2.98. The smallest absolute Gasteiger partial charge is 0.255 e. The molecule has 0 bridgehead atoms. The van der Waals surface area contributed by atoms with Crippen LogP contribution in [0.15, 0.2) is 18.2 Å². The third kappa shape index (κ3) is 3.38. The maximum absolute atomic E-state index is 12.8. The van der Waals surface area contributed by atoms with Crippen LogP contribution in [0.25, 0.3) is 0 Å². The molecule has 144 valence electrons. The van der Waals surface area contributed by atoms with Crippen LogP contribution in [0.3, 0.4) is 0 Å². The number of carbonyl (C=O) groups excluding carboxylic acids is 3. The molecule has 1 unspecified atom stereocenters. The Kier molecular flexibility index (Phi) is 4.76. The van der Waals surface area contributed by atoms with E-state index in [1.165, 1.54) is 5.56 Å². The summed E-state index contributed by atoms with van der Waals surface area (Å²) >= 11 is 0. The summed E-state index contributed by atoms with van der Waals surface area (Å²) in [6, 6.07) is 6.22. The summed E-state index contributed by atoms with van der Waals surface area (Å²) in [5.74, 6) is -0.171. The van der Waals surface area contributed by atoms with Crippen LogP contribution in [-0.4, -0.2) is 52.7 Å². The summed E-state index contributed by atoms with van der Waals surface area (Å²) in [5, 5.41) is 2.35. The zero-order valence-electron chi connectivity index (χ0n) is 16.0. The first-order valence-electron chi connectivity index (χ1n) is 9.95. The summed E-state index contributed by atoms with van der Waals surface area (Å²) in [5.41, 5.74) is 3.01. The van der Waals surface area contributed by atoms with Gasteiger partial charge in [-0.2, -0.15) is 0 Å². The van der Waals surface area contributed by atoms with E-state index in [9.17, 15) is 14.4 Å². The predicted octanol–water partition coefficient (Wildman–Crippen LogP) is 2.04. The fourth-order valence-electron chi connectivity index (χ4n) is 4.60. The van der Waals surface area contributed by atoms with E-state index in [1.807, 2.05) is 6.07 Å². The lowest BCUT2D eigenvalue weighted by Gasteiger charge is -2.34. The second-order valence-electron chi connectivity index (χ2n) is 8.22. The highest BCUT2D eigenvalue weighted by molar-refractivity contribution is 6.05. The van der Waals surface area contributed by atoms with E-state index < -0.39 is 6.04 Å². The number of rotatable bonds is 3. The fourth-order valence-corrected chi connectivity index (χ4v) is 4.60. The van der Waals surface area contributed by atoms with E-state index in [2.05, 4.69) is 36.2 Å². The number of imide groups is 1. The molecule has 1 N–H and O–H groups in total. The van der Waals surface area contributed by atoms with Crippen LogP contribution in [0.5, 0.6) is 0 Å². The highest BCUT2D eigenvalue weighted by Crippen LogP contribution is 2.33. The molecule has 3 aliphatic rings. The van der Waals surface area contributed by atoms with Crippen LogP contribution < -0.4 is 5.32 Å². The number of benzene rings is 1. The Morgan fingerprint density at radius 3 is 2.48 bits per heavy atom. The van der Waals surface area contributed by atoms with Crippen molar-refractivity contribution in [2.45, 2.75) is 64.1 Å². The quantitative estimate of drug-likeness (QED) is 0.828. The molecule has 27 heavy (non-hydrogen) atoms. The summed E-state index contributed by atoms with van der Waals surface area (Å²) in [6.45, 7) is 7.16. The molecule has 6 nitrogen and oxygen atoms in total. The predicted molar refractivity (Wildman–Crippen MR) is 101 cm³/mol. The Balaban J connectivity index is 1.48. The highest BCUT2D eigenvalue weighted by atomic mass is 16.2. The van der Waals surface area contributed by atoms with Crippen molar-refractivity contribution < 1.29 is 14.4 Å². The van der Waals surface area contributed by atoms with Gasteiger partial charge in [0.2, 0.25) is 11.8 Å². The van der Waals surface area contributed by atoms with Crippen molar-refractivity contribution in [1.29, 1.82) is 0 Å². The van der Waals surface area contributed by atoms with Gasteiger partial charge in [-0.3, -0.25) is 19.7 Å². The van der Waals surface area contributed by atoms with Gasteiger partial charge in [-0.25, -0.2) is 0 Å². The topological polar surface area (TPSA) is 69.7 Å². The molecule has 6 heteroatoms. The molecule has 0 aliphatic carbocycles. The number of fused-ring (bicyclic) bond motifs is 1. The summed E-state index contributed by atoms with van der Waals surface area (Å²) in [7, 11) is 0. The van der Waals surface area contributed by atoms with E-state index in [1.54, 1.807) is 4.90 Å². The first-order valence-corrected chi connectivity index (χ1v) is 9.95. The lowest BCUT2D eigenvalue weighted by molar-refractivity contribution is -0.136. The van der Waals surface area contributed by atoms with Crippen molar-refractivity contribution in [2.24, 2.45) is 0 Å². The van der Waals surface area contributed by atoms with Crippen molar-refractivity contribution in [1.82, 2.24) is 15.1 Å². The maximum atomic E-state index is 12.8. The Hall–Kier alpha value is -2.21.